The molecule has 0 aliphatic rings. The average molecular weight is 131 g/mol. The monoisotopic (exact) mass is 131 g/mol. The number of terminal acetylenes is 1. The molecule has 0 aliphatic heterocycles. The van der Waals surface area contributed by atoms with Gasteiger partial charge in [0.05, 0.1) is 0 Å². The van der Waals surface area contributed by atoms with Crippen LogP contribution in [-0.2, 0) is 0 Å². The first-order chi connectivity index (χ1) is 4.83. The zero-order chi connectivity index (χ0) is 7.40. The topological polar surface area (TPSA) is 9.23 Å². The summed E-state index contributed by atoms with van der Waals surface area (Å²) in [6.07, 6.45) is 7.00. The van der Waals surface area contributed by atoms with Crippen LogP contribution < -0.4 is 4.74 Å². The van der Waals surface area contributed by atoms with Crippen molar-refractivity contribution in [1.82, 2.24) is 0 Å². The van der Waals surface area contributed by atoms with Crippen molar-refractivity contribution >= 4 is 0 Å². The number of ether oxygens (including phenoxy) is 1. The molecule has 0 heterocycles. The van der Waals surface area contributed by atoms with Crippen LogP contribution in [0.3, 0.4) is 0 Å². The number of hydrogen-bond acceptors (Lipinski definition) is 1. The molecule has 10 heavy (non-hydrogen) atoms. The van der Waals surface area contributed by atoms with E-state index in [0.717, 1.165) is 5.56 Å². The number of rotatable bonds is 1. The lowest BCUT2D eigenvalue weighted by Gasteiger charge is -1.96. The van der Waals surface area contributed by atoms with E-state index in [1.807, 2.05) is 12.1 Å². The zero-order valence-electron chi connectivity index (χ0n) is 5.50. The van der Waals surface area contributed by atoms with E-state index >= 15 is 0 Å². The van der Waals surface area contributed by atoms with Crippen LogP contribution in [0.5, 0.6) is 5.75 Å². The fraction of sp³-hybridized carbons (Fsp3) is 0. The first-order valence-corrected chi connectivity index (χ1v) is 2.87. The highest BCUT2D eigenvalue weighted by atomic mass is 16.5. The number of benzene rings is 1. The lowest BCUT2D eigenvalue weighted by Crippen LogP contribution is -1.81. The van der Waals surface area contributed by atoms with Crippen molar-refractivity contribution in [3.63, 3.8) is 0 Å². The summed E-state index contributed by atoms with van der Waals surface area (Å²) < 4.78 is 4.77. The van der Waals surface area contributed by atoms with Crippen LogP contribution >= 0.6 is 0 Å². The summed E-state index contributed by atoms with van der Waals surface area (Å²) >= 11 is 0. The Morgan fingerprint density at radius 3 is 2.90 bits per heavy atom. The van der Waals surface area contributed by atoms with Gasteiger partial charge in [-0.25, -0.2) is 0 Å². The van der Waals surface area contributed by atoms with E-state index in [-0.39, 0.29) is 0 Å². The molecular formula is C9H7O. The molecule has 0 aromatic heterocycles. The van der Waals surface area contributed by atoms with Crippen LogP contribution in [-0.4, -0.2) is 0 Å². The van der Waals surface area contributed by atoms with Gasteiger partial charge in [0, 0.05) is 0 Å². The quantitative estimate of drug-likeness (QED) is 0.528. The second-order valence-electron chi connectivity index (χ2n) is 1.87. The van der Waals surface area contributed by atoms with E-state index < -0.39 is 0 Å². The van der Waals surface area contributed by atoms with Gasteiger partial charge in [-0.3, -0.25) is 0 Å². The SMILES string of the molecule is C#COc1cccc([CH2])c1. The van der Waals surface area contributed by atoms with Crippen LogP contribution in [0.4, 0.5) is 0 Å². The molecule has 1 nitrogen and oxygen atoms in total. The van der Waals surface area contributed by atoms with Gasteiger partial charge in [-0.1, -0.05) is 18.6 Å². The summed E-state index contributed by atoms with van der Waals surface area (Å²) in [5, 5.41) is 0. The molecule has 0 N–H and O–H groups in total. The van der Waals surface area contributed by atoms with Gasteiger partial charge in [0.2, 0.25) is 0 Å². The molecule has 1 aromatic rings. The summed E-state index contributed by atoms with van der Waals surface area (Å²) in [7, 11) is 0. The molecule has 0 saturated heterocycles. The summed E-state index contributed by atoms with van der Waals surface area (Å²) in [4.78, 5) is 0. The van der Waals surface area contributed by atoms with E-state index in [4.69, 9.17) is 11.2 Å². The minimum absolute atomic E-state index is 0.662. The van der Waals surface area contributed by atoms with Crippen LogP contribution in [0.1, 0.15) is 5.56 Å². The summed E-state index contributed by atoms with van der Waals surface area (Å²) in [6, 6.07) is 7.28. The maximum Gasteiger partial charge on any atom is 0.140 e. The van der Waals surface area contributed by atoms with Crippen molar-refractivity contribution in [3.05, 3.63) is 36.8 Å². The van der Waals surface area contributed by atoms with Gasteiger partial charge in [0.25, 0.3) is 0 Å². The Kier molecular flexibility index (Phi) is 1.96. The first kappa shape index (κ1) is 6.70. The second kappa shape index (κ2) is 2.93. The Morgan fingerprint density at radius 1 is 1.50 bits per heavy atom. The normalized spacial score (nSPS) is 8.40. The molecule has 0 bridgehead atoms. The molecule has 0 spiro atoms. The minimum Gasteiger partial charge on any atom is -0.408 e. The Morgan fingerprint density at radius 2 is 2.30 bits per heavy atom. The third-order valence-corrected chi connectivity index (χ3v) is 1.08. The van der Waals surface area contributed by atoms with E-state index in [1.165, 1.54) is 0 Å². The molecule has 0 fully saturated rings. The van der Waals surface area contributed by atoms with Gasteiger partial charge in [-0.05, 0) is 24.6 Å². The highest BCUT2D eigenvalue weighted by Crippen LogP contribution is 2.11. The van der Waals surface area contributed by atoms with Crippen molar-refractivity contribution in [1.29, 1.82) is 0 Å². The molecular weight excluding hydrogens is 124 g/mol. The standard InChI is InChI=1S/C9H7O/c1-3-10-9-6-4-5-8(2)7-9/h1,4-7H,2H2. The van der Waals surface area contributed by atoms with E-state index in [0.29, 0.717) is 5.75 Å². The summed E-state index contributed by atoms with van der Waals surface area (Å²) in [5.74, 6) is 0.662. The lowest BCUT2D eigenvalue weighted by molar-refractivity contribution is 0.520. The van der Waals surface area contributed by atoms with Crippen molar-refractivity contribution in [2.45, 2.75) is 0 Å². The van der Waals surface area contributed by atoms with Crippen molar-refractivity contribution in [2.24, 2.45) is 0 Å². The molecule has 0 amide bonds. The molecule has 0 aliphatic carbocycles. The molecule has 1 aromatic carbocycles. The van der Waals surface area contributed by atoms with Crippen molar-refractivity contribution in [2.75, 3.05) is 0 Å². The van der Waals surface area contributed by atoms with E-state index in [2.05, 4.69) is 13.0 Å². The Hall–Kier alpha value is -1.42. The van der Waals surface area contributed by atoms with Gasteiger partial charge in [-0.2, -0.15) is 0 Å². The van der Waals surface area contributed by atoms with Gasteiger partial charge in [0.15, 0.2) is 0 Å². The van der Waals surface area contributed by atoms with Crippen molar-refractivity contribution in [3.8, 4) is 18.3 Å². The molecule has 1 rings (SSSR count). The lowest BCUT2D eigenvalue weighted by atomic mass is 10.2. The molecule has 49 valence electrons. The van der Waals surface area contributed by atoms with E-state index in [9.17, 15) is 0 Å². The van der Waals surface area contributed by atoms with Gasteiger partial charge in [-0.15, -0.1) is 0 Å². The van der Waals surface area contributed by atoms with Gasteiger partial charge in [0.1, 0.15) is 11.9 Å². The molecule has 1 heteroatoms. The van der Waals surface area contributed by atoms with Crippen molar-refractivity contribution < 1.29 is 4.74 Å². The Bertz CT molecular complexity index is 258. The third kappa shape index (κ3) is 1.53. The molecule has 0 unspecified atom stereocenters. The maximum atomic E-state index is 4.92. The molecule has 1 radical (unpaired) electrons. The molecule has 0 atom stereocenters. The second-order valence-corrected chi connectivity index (χ2v) is 1.87. The largest absolute Gasteiger partial charge is 0.408 e. The first-order valence-electron chi connectivity index (χ1n) is 2.87. The Balaban J connectivity index is 2.87. The Labute approximate surface area is 60.6 Å². The number of hydrogen-bond donors (Lipinski definition) is 0. The zero-order valence-corrected chi connectivity index (χ0v) is 5.50. The maximum absolute atomic E-state index is 4.92. The highest BCUT2D eigenvalue weighted by Gasteiger charge is 1.88. The van der Waals surface area contributed by atoms with Crippen LogP contribution in [0.15, 0.2) is 24.3 Å². The highest BCUT2D eigenvalue weighted by molar-refractivity contribution is 5.30. The summed E-state index contributed by atoms with van der Waals surface area (Å²) in [5.41, 5.74) is 0.896. The van der Waals surface area contributed by atoms with Gasteiger partial charge < -0.3 is 4.74 Å². The third-order valence-electron chi connectivity index (χ3n) is 1.08. The fourth-order valence-corrected chi connectivity index (χ4v) is 0.677. The average Bonchev–Trinajstić information content (AvgIpc) is 1.88. The van der Waals surface area contributed by atoms with E-state index in [1.54, 1.807) is 12.1 Å². The predicted molar refractivity (Wildman–Crippen MR) is 40.4 cm³/mol. The molecule has 0 saturated carbocycles. The predicted octanol–water partition coefficient (Wildman–Crippen LogP) is 1.84. The minimum atomic E-state index is 0.662. The van der Waals surface area contributed by atoms with Crippen LogP contribution in [0, 0.1) is 19.5 Å². The fourth-order valence-electron chi connectivity index (χ4n) is 0.677. The van der Waals surface area contributed by atoms with Crippen LogP contribution in [0.25, 0.3) is 0 Å². The van der Waals surface area contributed by atoms with Crippen LogP contribution in [0.2, 0.25) is 0 Å². The summed E-state index contributed by atoms with van der Waals surface area (Å²) in [6.45, 7) is 3.71. The van der Waals surface area contributed by atoms with Gasteiger partial charge >= 0.3 is 0 Å². The smallest absolute Gasteiger partial charge is 0.140 e.